The molecule has 1 heterocycles. The third kappa shape index (κ3) is 3.01. The lowest BCUT2D eigenvalue weighted by molar-refractivity contribution is 0.102. The quantitative estimate of drug-likeness (QED) is 0.827. The number of carbonyl (C=O) groups is 1. The molecule has 1 amide bonds. The molecular weight excluding hydrogens is 242 g/mol. The van der Waals surface area contributed by atoms with Gasteiger partial charge in [0.15, 0.2) is 0 Å². The molecule has 3 N–H and O–H groups in total. The van der Waals surface area contributed by atoms with Crippen LogP contribution in [0.4, 0.5) is 11.5 Å². The summed E-state index contributed by atoms with van der Waals surface area (Å²) in [6.45, 7) is 1.93. The van der Waals surface area contributed by atoms with Crippen molar-refractivity contribution in [2.45, 2.75) is 6.92 Å². The van der Waals surface area contributed by atoms with E-state index in [0.717, 1.165) is 5.56 Å². The standard InChI is InChI=1S/C14H15N3O2/c1-9-3-6-13(16-8-9)17-14(18)10-4-5-12(19-2)11(15)7-10/h3-8H,15H2,1-2H3,(H,16,17,18). The van der Waals surface area contributed by atoms with Crippen molar-refractivity contribution in [1.82, 2.24) is 4.98 Å². The number of aryl methyl sites for hydroxylation is 1. The average Bonchev–Trinajstić information content (AvgIpc) is 2.41. The van der Waals surface area contributed by atoms with Gasteiger partial charge in [-0.2, -0.15) is 0 Å². The second kappa shape index (κ2) is 5.39. The summed E-state index contributed by atoms with van der Waals surface area (Å²) in [6.07, 6.45) is 1.69. The van der Waals surface area contributed by atoms with E-state index in [0.29, 0.717) is 22.8 Å². The number of amides is 1. The number of benzene rings is 1. The number of nitrogens with one attached hydrogen (secondary N) is 1. The lowest BCUT2D eigenvalue weighted by Crippen LogP contribution is -2.13. The topological polar surface area (TPSA) is 77.2 Å². The van der Waals surface area contributed by atoms with Crippen molar-refractivity contribution in [1.29, 1.82) is 0 Å². The third-order valence-electron chi connectivity index (χ3n) is 2.64. The lowest BCUT2D eigenvalue weighted by atomic mass is 10.1. The van der Waals surface area contributed by atoms with E-state index in [4.69, 9.17) is 10.5 Å². The summed E-state index contributed by atoms with van der Waals surface area (Å²) in [5.41, 5.74) is 7.68. The molecule has 0 aliphatic carbocycles. The molecule has 0 aliphatic heterocycles. The molecule has 0 aliphatic rings. The summed E-state index contributed by atoms with van der Waals surface area (Å²) >= 11 is 0. The van der Waals surface area contributed by atoms with Crippen LogP contribution in [0.15, 0.2) is 36.5 Å². The van der Waals surface area contributed by atoms with Crippen molar-refractivity contribution in [3.8, 4) is 5.75 Å². The fourth-order valence-electron chi connectivity index (χ4n) is 1.61. The Morgan fingerprint density at radius 3 is 2.68 bits per heavy atom. The number of hydrogen-bond donors (Lipinski definition) is 2. The summed E-state index contributed by atoms with van der Waals surface area (Å²) in [5, 5.41) is 2.70. The molecule has 0 unspecified atom stereocenters. The Hall–Kier alpha value is -2.56. The van der Waals surface area contributed by atoms with Gasteiger partial charge in [-0.05, 0) is 36.8 Å². The van der Waals surface area contributed by atoms with Gasteiger partial charge in [0.2, 0.25) is 0 Å². The number of ether oxygens (including phenoxy) is 1. The molecule has 1 aromatic carbocycles. The summed E-state index contributed by atoms with van der Waals surface area (Å²) < 4.78 is 5.04. The minimum Gasteiger partial charge on any atom is -0.495 e. The zero-order valence-corrected chi connectivity index (χ0v) is 10.8. The van der Waals surface area contributed by atoms with Crippen LogP contribution >= 0.6 is 0 Å². The summed E-state index contributed by atoms with van der Waals surface area (Å²) in [6, 6.07) is 8.51. The molecule has 19 heavy (non-hydrogen) atoms. The van der Waals surface area contributed by atoms with E-state index in [1.165, 1.54) is 7.11 Å². The molecule has 0 bridgehead atoms. The minimum absolute atomic E-state index is 0.259. The van der Waals surface area contributed by atoms with Gasteiger partial charge in [-0.3, -0.25) is 4.79 Å². The molecule has 0 spiro atoms. The maximum absolute atomic E-state index is 12.0. The first-order valence-corrected chi connectivity index (χ1v) is 5.77. The van der Waals surface area contributed by atoms with Gasteiger partial charge in [-0.1, -0.05) is 6.07 Å². The van der Waals surface area contributed by atoms with E-state index in [1.807, 2.05) is 13.0 Å². The number of hydrogen-bond acceptors (Lipinski definition) is 4. The van der Waals surface area contributed by atoms with Crippen LogP contribution in [0, 0.1) is 6.92 Å². The predicted octanol–water partition coefficient (Wildman–Crippen LogP) is 2.23. The number of aromatic nitrogens is 1. The van der Waals surface area contributed by atoms with Crippen LogP contribution in [-0.2, 0) is 0 Å². The Morgan fingerprint density at radius 2 is 2.11 bits per heavy atom. The zero-order chi connectivity index (χ0) is 13.8. The van der Waals surface area contributed by atoms with E-state index in [2.05, 4.69) is 10.3 Å². The number of anilines is 2. The first-order valence-electron chi connectivity index (χ1n) is 5.77. The van der Waals surface area contributed by atoms with Crippen LogP contribution in [0.25, 0.3) is 0 Å². The number of nitrogens with zero attached hydrogens (tertiary/aromatic N) is 1. The van der Waals surface area contributed by atoms with E-state index < -0.39 is 0 Å². The number of pyridine rings is 1. The highest BCUT2D eigenvalue weighted by molar-refractivity contribution is 6.04. The van der Waals surface area contributed by atoms with Crippen LogP contribution in [0.5, 0.6) is 5.75 Å². The molecule has 1 aromatic heterocycles. The maximum Gasteiger partial charge on any atom is 0.256 e. The monoisotopic (exact) mass is 257 g/mol. The van der Waals surface area contributed by atoms with Crippen molar-refractivity contribution < 1.29 is 9.53 Å². The van der Waals surface area contributed by atoms with Crippen LogP contribution in [0.3, 0.4) is 0 Å². The Labute approximate surface area is 111 Å². The van der Waals surface area contributed by atoms with Crippen LogP contribution in [0.1, 0.15) is 15.9 Å². The second-order valence-corrected chi connectivity index (χ2v) is 4.13. The van der Waals surface area contributed by atoms with Crippen molar-refractivity contribution in [3.63, 3.8) is 0 Å². The van der Waals surface area contributed by atoms with Gasteiger partial charge < -0.3 is 15.8 Å². The van der Waals surface area contributed by atoms with Gasteiger partial charge in [0, 0.05) is 11.8 Å². The molecule has 0 saturated carbocycles. The Balaban J connectivity index is 2.16. The van der Waals surface area contributed by atoms with Gasteiger partial charge in [0.1, 0.15) is 11.6 Å². The fraction of sp³-hybridized carbons (Fsp3) is 0.143. The summed E-state index contributed by atoms with van der Waals surface area (Å²) in [4.78, 5) is 16.1. The first kappa shape index (κ1) is 12.9. The van der Waals surface area contributed by atoms with Gasteiger partial charge >= 0.3 is 0 Å². The minimum atomic E-state index is -0.259. The van der Waals surface area contributed by atoms with Crippen LogP contribution in [0.2, 0.25) is 0 Å². The molecular formula is C14H15N3O2. The molecule has 0 radical (unpaired) electrons. The largest absolute Gasteiger partial charge is 0.495 e. The average molecular weight is 257 g/mol. The number of methoxy groups -OCH3 is 1. The van der Waals surface area contributed by atoms with Crippen LogP contribution in [-0.4, -0.2) is 18.0 Å². The zero-order valence-electron chi connectivity index (χ0n) is 10.8. The van der Waals surface area contributed by atoms with Gasteiger partial charge in [-0.25, -0.2) is 4.98 Å². The highest BCUT2D eigenvalue weighted by atomic mass is 16.5. The lowest BCUT2D eigenvalue weighted by Gasteiger charge is -2.08. The molecule has 2 aromatic rings. The van der Waals surface area contributed by atoms with Crippen molar-refractivity contribution in [2.24, 2.45) is 0 Å². The maximum atomic E-state index is 12.0. The molecule has 0 atom stereocenters. The molecule has 0 fully saturated rings. The molecule has 0 saturated heterocycles. The van der Waals surface area contributed by atoms with Gasteiger partial charge in [0.25, 0.3) is 5.91 Å². The van der Waals surface area contributed by atoms with Crippen LogP contribution < -0.4 is 15.8 Å². The third-order valence-corrected chi connectivity index (χ3v) is 2.64. The molecule has 2 rings (SSSR count). The van der Waals surface area contributed by atoms with E-state index in [-0.39, 0.29) is 5.91 Å². The predicted molar refractivity (Wildman–Crippen MR) is 74.3 cm³/mol. The van der Waals surface area contributed by atoms with Gasteiger partial charge in [-0.15, -0.1) is 0 Å². The van der Waals surface area contributed by atoms with Crippen molar-refractivity contribution in [2.75, 3.05) is 18.2 Å². The highest BCUT2D eigenvalue weighted by Gasteiger charge is 2.09. The second-order valence-electron chi connectivity index (χ2n) is 4.13. The number of rotatable bonds is 3. The van der Waals surface area contributed by atoms with Crippen molar-refractivity contribution >= 4 is 17.4 Å². The Kier molecular flexibility index (Phi) is 3.66. The normalized spacial score (nSPS) is 10.0. The van der Waals surface area contributed by atoms with E-state index >= 15 is 0 Å². The smallest absolute Gasteiger partial charge is 0.256 e. The van der Waals surface area contributed by atoms with E-state index in [9.17, 15) is 4.79 Å². The Morgan fingerprint density at radius 1 is 1.32 bits per heavy atom. The number of carbonyl (C=O) groups excluding carboxylic acids is 1. The highest BCUT2D eigenvalue weighted by Crippen LogP contribution is 2.22. The Bertz CT molecular complexity index is 594. The van der Waals surface area contributed by atoms with E-state index in [1.54, 1.807) is 30.5 Å². The summed E-state index contributed by atoms with van der Waals surface area (Å²) in [7, 11) is 1.53. The van der Waals surface area contributed by atoms with Gasteiger partial charge in [0.05, 0.1) is 12.8 Å². The SMILES string of the molecule is COc1ccc(C(=O)Nc2ccc(C)cn2)cc1N. The van der Waals surface area contributed by atoms with Crippen molar-refractivity contribution in [3.05, 3.63) is 47.7 Å². The number of nitrogens with two attached hydrogens (primary N) is 1. The first-order chi connectivity index (χ1) is 9.10. The summed E-state index contributed by atoms with van der Waals surface area (Å²) in [5.74, 6) is 0.792. The molecule has 5 heteroatoms. The number of nitrogen functional groups attached to an aromatic ring is 1. The fourth-order valence-corrected chi connectivity index (χ4v) is 1.61. The molecule has 5 nitrogen and oxygen atoms in total. The molecule has 98 valence electrons.